The molecule has 0 aliphatic carbocycles. The fourth-order valence-corrected chi connectivity index (χ4v) is 4.02. The van der Waals surface area contributed by atoms with E-state index < -0.39 is 5.92 Å². The highest BCUT2D eigenvalue weighted by Crippen LogP contribution is 2.29. The molecule has 158 valence electrons. The Morgan fingerprint density at radius 3 is 2.37 bits per heavy atom. The summed E-state index contributed by atoms with van der Waals surface area (Å²) in [4.78, 5) is 39.1. The second kappa shape index (κ2) is 8.69. The van der Waals surface area contributed by atoms with E-state index in [9.17, 15) is 14.4 Å². The number of nitrogens with one attached hydrogen (secondary N) is 2. The van der Waals surface area contributed by atoms with Crippen molar-refractivity contribution in [3.05, 3.63) is 58.1 Å². The van der Waals surface area contributed by atoms with Crippen molar-refractivity contribution in [2.24, 2.45) is 5.92 Å². The first-order valence-electron chi connectivity index (χ1n) is 10.2. The van der Waals surface area contributed by atoms with Crippen LogP contribution in [0.3, 0.4) is 0 Å². The van der Waals surface area contributed by atoms with E-state index in [2.05, 4.69) is 10.6 Å². The minimum absolute atomic E-state index is 0.0702. The lowest BCUT2D eigenvalue weighted by atomic mass is 10.1. The Kier molecular flexibility index (Phi) is 6.25. The van der Waals surface area contributed by atoms with Crippen molar-refractivity contribution < 1.29 is 14.4 Å². The maximum Gasteiger partial charge on any atom is 0.243 e. The molecule has 3 amide bonds. The maximum absolute atomic E-state index is 12.6. The van der Waals surface area contributed by atoms with E-state index in [1.807, 2.05) is 65.0 Å². The van der Waals surface area contributed by atoms with Crippen molar-refractivity contribution in [2.75, 3.05) is 23.3 Å². The fraction of sp³-hybridized carbons (Fsp3) is 0.375. The van der Waals surface area contributed by atoms with Gasteiger partial charge in [0, 0.05) is 24.3 Å². The molecule has 0 radical (unpaired) electrons. The van der Waals surface area contributed by atoms with Crippen molar-refractivity contribution in [3.8, 4) is 0 Å². The molecule has 2 aromatic carbocycles. The number of nitrogens with zero attached hydrogens (tertiary/aromatic N) is 1. The largest absolute Gasteiger partial charge is 0.347 e. The first kappa shape index (κ1) is 21.6. The van der Waals surface area contributed by atoms with E-state index in [-0.39, 0.29) is 30.7 Å². The van der Waals surface area contributed by atoms with Crippen molar-refractivity contribution in [2.45, 2.75) is 41.0 Å². The molecule has 1 fully saturated rings. The van der Waals surface area contributed by atoms with Crippen LogP contribution >= 0.6 is 0 Å². The topological polar surface area (TPSA) is 78.5 Å². The standard InChI is InChI=1S/C24H29N3O3/c1-14-9-16(3)23(17(4)10-14)26-21(28)12-25-24(30)19-11-22(29)27(13-19)20-8-6-7-15(2)18(20)5/h6-10,19H,11-13H2,1-5H3,(H,25,30)(H,26,28). The second-order valence-corrected chi connectivity index (χ2v) is 8.16. The Bertz CT molecular complexity index is 990. The SMILES string of the molecule is Cc1cc(C)c(NC(=O)CNC(=O)C2CC(=O)N(c3cccc(C)c3C)C2)c(C)c1. The number of anilines is 2. The molecule has 2 aromatic rings. The highest BCUT2D eigenvalue weighted by Gasteiger charge is 2.35. The zero-order valence-electron chi connectivity index (χ0n) is 18.3. The monoisotopic (exact) mass is 407 g/mol. The average Bonchev–Trinajstić information content (AvgIpc) is 3.06. The summed E-state index contributed by atoms with van der Waals surface area (Å²) in [6.45, 7) is 10.1. The van der Waals surface area contributed by atoms with Crippen LogP contribution < -0.4 is 15.5 Å². The zero-order valence-corrected chi connectivity index (χ0v) is 18.3. The Labute approximate surface area is 177 Å². The van der Waals surface area contributed by atoms with E-state index in [0.29, 0.717) is 6.54 Å². The lowest BCUT2D eigenvalue weighted by Crippen LogP contribution is -2.38. The molecule has 1 unspecified atom stereocenters. The molecule has 1 aliphatic rings. The molecule has 0 aromatic heterocycles. The number of amides is 3. The molecule has 3 rings (SSSR count). The number of carbonyl (C=O) groups excluding carboxylic acids is 3. The van der Waals surface area contributed by atoms with Crippen LogP contribution in [0.2, 0.25) is 0 Å². The van der Waals surface area contributed by atoms with E-state index in [0.717, 1.165) is 39.2 Å². The fourth-order valence-electron chi connectivity index (χ4n) is 4.02. The molecular weight excluding hydrogens is 378 g/mol. The molecular formula is C24H29N3O3. The van der Waals surface area contributed by atoms with Crippen LogP contribution in [0.5, 0.6) is 0 Å². The summed E-state index contributed by atoms with van der Waals surface area (Å²) < 4.78 is 0. The van der Waals surface area contributed by atoms with Gasteiger partial charge >= 0.3 is 0 Å². The van der Waals surface area contributed by atoms with E-state index >= 15 is 0 Å². The first-order chi connectivity index (χ1) is 14.2. The van der Waals surface area contributed by atoms with Crippen molar-refractivity contribution in [1.82, 2.24) is 5.32 Å². The first-order valence-corrected chi connectivity index (χ1v) is 10.2. The van der Waals surface area contributed by atoms with Crippen molar-refractivity contribution >= 4 is 29.1 Å². The van der Waals surface area contributed by atoms with Crippen LogP contribution in [0, 0.1) is 40.5 Å². The summed E-state index contributed by atoms with van der Waals surface area (Å²) in [6.07, 6.45) is 0.150. The third-order valence-corrected chi connectivity index (χ3v) is 5.73. The van der Waals surface area contributed by atoms with Gasteiger partial charge in [0.15, 0.2) is 0 Å². The van der Waals surface area contributed by atoms with Gasteiger partial charge in [0.05, 0.1) is 12.5 Å². The van der Waals surface area contributed by atoms with Gasteiger partial charge in [-0.3, -0.25) is 14.4 Å². The molecule has 6 heteroatoms. The predicted octanol–water partition coefficient (Wildman–Crippen LogP) is 3.34. The smallest absolute Gasteiger partial charge is 0.243 e. The average molecular weight is 408 g/mol. The molecule has 0 saturated carbocycles. The van der Waals surface area contributed by atoms with E-state index in [1.54, 1.807) is 4.90 Å². The van der Waals surface area contributed by atoms with Crippen LogP contribution in [0.15, 0.2) is 30.3 Å². The summed E-state index contributed by atoms with van der Waals surface area (Å²) in [6, 6.07) is 9.83. The highest BCUT2D eigenvalue weighted by molar-refractivity contribution is 6.02. The molecule has 0 bridgehead atoms. The van der Waals surface area contributed by atoms with E-state index in [1.165, 1.54) is 0 Å². The molecule has 2 N–H and O–H groups in total. The third kappa shape index (κ3) is 4.53. The van der Waals surface area contributed by atoms with Crippen molar-refractivity contribution in [3.63, 3.8) is 0 Å². The highest BCUT2D eigenvalue weighted by atomic mass is 16.2. The van der Waals surface area contributed by atoms with Gasteiger partial charge in [0.25, 0.3) is 0 Å². The van der Waals surface area contributed by atoms with Crippen LogP contribution in [0.25, 0.3) is 0 Å². The lowest BCUT2D eigenvalue weighted by Gasteiger charge is -2.20. The van der Waals surface area contributed by atoms with Crippen LogP contribution in [0.1, 0.15) is 34.2 Å². The number of aryl methyl sites for hydroxylation is 4. The summed E-state index contributed by atoms with van der Waals surface area (Å²) in [5.41, 5.74) is 6.86. The minimum Gasteiger partial charge on any atom is -0.347 e. The van der Waals surface area contributed by atoms with Crippen LogP contribution in [0.4, 0.5) is 11.4 Å². The number of hydrogen-bond donors (Lipinski definition) is 2. The van der Waals surface area contributed by atoms with Gasteiger partial charge in [0.1, 0.15) is 0 Å². The predicted molar refractivity (Wildman–Crippen MR) is 119 cm³/mol. The quantitative estimate of drug-likeness (QED) is 0.798. The minimum atomic E-state index is -0.465. The Morgan fingerprint density at radius 2 is 1.70 bits per heavy atom. The number of rotatable bonds is 5. The normalized spacial score (nSPS) is 16.0. The van der Waals surface area contributed by atoms with Crippen LogP contribution in [-0.4, -0.2) is 30.8 Å². The molecule has 1 atom stereocenters. The Hall–Kier alpha value is -3.15. The summed E-state index contributed by atoms with van der Waals surface area (Å²) in [7, 11) is 0. The number of hydrogen-bond acceptors (Lipinski definition) is 3. The zero-order chi connectivity index (χ0) is 22.0. The summed E-state index contributed by atoms with van der Waals surface area (Å²) >= 11 is 0. The van der Waals surface area contributed by atoms with Crippen molar-refractivity contribution in [1.29, 1.82) is 0 Å². The van der Waals surface area contributed by atoms with Gasteiger partial charge in [-0.2, -0.15) is 0 Å². The van der Waals surface area contributed by atoms with Gasteiger partial charge < -0.3 is 15.5 Å². The van der Waals surface area contributed by atoms with Gasteiger partial charge in [-0.15, -0.1) is 0 Å². The molecule has 30 heavy (non-hydrogen) atoms. The molecule has 1 saturated heterocycles. The summed E-state index contributed by atoms with van der Waals surface area (Å²) in [5.74, 6) is -1.09. The Balaban J connectivity index is 1.59. The Morgan fingerprint density at radius 1 is 1.03 bits per heavy atom. The number of benzene rings is 2. The third-order valence-electron chi connectivity index (χ3n) is 5.73. The molecule has 1 aliphatic heterocycles. The van der Waals surface area contributed by atoms with E-state index in [4.69, 9.17) is 0 Å². The second-order valence-electron chi connectivity index (χ2n) is 8.16. The van der Waals surface area contributed by atoms with Crippen LogP contribution in [-0.2, 0) is 14.4 Å². The summed E-state index contributed by atoms with van der Waals surface area (Å²) in [5, 5.41) is 5.56. The van der Waals surface area contributed by atoms with Gasteiger partial charge in [0.2, 0.25) is 17.7 Å². The van der Waals surface area contributed by atoms with Gasteiger partial charge in [-0.05, 0) is 62.9 Å². The van der Waals surface area contributed by atoms with Gasteiger partial charge in [-0.25, -0.2) is 0 Å². The lowest BCUT2D eigenvalue weighted by molar-refractivity contribution is -0.127. The van der Waals surface area contributed by atoms with Gasteiger partial charge in [-0.1, -0.05) is 29.8 Å². The maximum atomic E-state index is 12.6. The molecule has 6 nitrogen and oxygen atoms in total. The molecule has 1 heterocycles. The molecule has 0 spiro atoms. The number of carbonyl (C=O) groups is 3.